The number of hydrogen-bond donors (Lipinski definition) is 1. The van der Waals surface area contributed by atoms with Crippen LogP contribution in [0, 0.1) is 0 Å². The normalized spacial score (nSPS) is 11.3. The van der Waals surface area contributed by atoms with Crippen LogP contribution < -0.4 is 10.1 Å². The highest BCUT2D eigenvalue weighted by Gasteiger charge is 2.33. The monoisotopic (exact) mass is 313 g/mol. The van der Waals surface area contributed by atoms with E-state index < -0.39 is 17.8 Å². The third-order valence-corrected chi connectivity index (χ3v) is 2.69. The van der Waals surface area contributed by atoms with Crippen molar-refractivity contribution in [1.29, 1.82) is 0 Å². The Hall–Kier alpha value is -2.51. The minimum Gasteiger partial charge on any atom is -0.494 e. The number of nitrogens with zero attached hydrogens (tertiary/aromatic N) is 2. The van der Waals surface area contributed by atoms with Crippen molar-refractivity contribution in [3.63, 3.8) is 0 Å². The molecule has 0 atom stereocenters. The van der Waals surface area contributed by atoms with Gasteiger partial charge in [0.25, 0.3) is 0 Å². The highest BCUT2D eigenvalue weighted by molar-refractivity contribution is 5.90. The Bertz CT molecular complexity index is 636. The lowest BCUT2D eigenvalue weighted by atomic mass is 10.3. The van der Waals surface area contributed by atoms with E-state index in [1.165, 1.54) is 0 Å². The maximum Gasteiger partial charge on any atom is 0.435 e. The lowest BCUT2D eigenvalue weighted by Crippen LogP contribution is -2.19. The van der Waals surface area contributed by atoms with Gasteiger partial charge in [0.2, 0.25) is 5.91 Å². The highest BCUT2D eigenvalue weighted by Crippen LogP contribution is 2.27. The number of carbonyl (C=O) groups excluding carboxylic acids is 1. The maximum atomic E-state index is 12.4. The van der Waals surface area contributed by atoms with Crippen molar-refractivity contribution in [3.8, 4) is 5.75 Å². The zero-order chi connectivity index (χ0) is 16.2. The van der Waals surface area contributed by atoms with E-state index in [9.17, 15) is 18.0 Å². The summed E-state index contributed by atoms with van der Waals surface area (Å²) in [6.07, 6.45) is -3.41. The topological polar surface area (TPSA) is 56.1 Å². The van der Waals surface area contributed by atoms with Gasteiger partial charge in [0, 0.05) is 11.9 Å². The number of aromatic nitrogens is 2. The number of ether oxygens (including phenoxy) is 1. The van der Waals surface area contributed by atoms with Crippen LogP contribution in [0.5, 0.6) is 5.75 Å². The predicted molar refractivity (Wildman–Crippen MR) is 73.5 cm³/mol. The van der Waals surface area contributed by atoms with Crippen LogP contribution in [-0.2, 0) is 17.5 Å². The first kappa shape index (κ1) is 15.9. The fourth-order valence-corrected chi connectivity index (χ4v) is 1.75. The first-order chi connectivity index (χ1) is 10.4. The first-order valence-electron chi connectivity index (χ1n) is 6.52. The molecule has 0 fully saturated rings. The minimum atomic E-state index is -4.52. The van der Waals surface area contributed by atoms with Crippen LogP contribution in [0.3, 0.4) is 0 Å². The van der Waals surface area contributed by atoms with Crippen LogP contribution in [0.2, 0.25) is 0 Å². The number of anilines is 1. The number of amides is 1. The molecule has 1 aromatic carbocycles. The zero-order valence-electron chi connectivity index (χ0n) is 11.7. The average Bonchev–Trinajstić information content (AvgIpc) is 2.89. The van der Waals surface area contributed by atoms with Crippen molar-refractivity contribution in [2.24, 2.45) is 0 Å². The summed E-state index contributed by atoms with van der Waals surface area (Å²) in [5, 5.41) is 5.88. The van der Waals surface area contributed by atoms with Gasteiger partial charge in [-0.25, -0.2) is 0 Å². The van der Waals surface area contributed by atoms with Gasteiger partial charge in [0.1, 0.15) is 12.3 Å². The first-order valence-corrected chi connectivity index (χ1v) is 6.52. The molecule has 0 radical (unpaired) electrons. The van der Waals surface area contributed by atoms with Gasteiger partial charge in [0.15, 0.2) is 5.69 Å². The second kappa shape index (κ2) is 6.50. The Balaban J connectivity index is 1.94. The lowest BCUT2D eigenvalue weighted by molar-refractivity contribution is -0.141. The Kier molecular flexibility index (Phi) is 4.69. The van der Waals surface area contributed by atoms with Crippen LogP contribution >= 0.6 is 0 Å². The number of benzene rings is 1. The Morgan fingerprint density at radius 1 is 1.27 bits per heavy atom. The number of hydrogen-bond acceptors (Lipinski definition) is 3. The number of carbonyl (C=O) groups is 1. The van der Waals surface area contributed by atoms with Crippen LogP contribution in [0.4, 0.5) is 18.9 Å². The summed E-state index contributed by atoms with van der Waals surface area (Å²) in [7, 11) is 0. The molecule has 118 valence electrons. The molecule has 2 aromatic rings. The van der Waals surface area contributed by atoms with E-state index >= 15 is 0 Å². The zero-order valence-corrected chi connectivity index (χ0v) is 11.7. The summed E-state index contributed by atoms with van der Waals surface area (Å²) in [6, 6.07) is 7.49. The van der Waals surface area contributed by atoms with Crippen molar-refractivity contribution < 1.29 is 22.7 Å². The van der Waals surface area contributed by atoms with E-state index in [4.69, 9.17) is 4.74 Å². The van der Waals surface area contributed by atoms with E-state index in [2.05, 4.69) is 10.4 Å². The van der Waals surface area contributed by atoms with E-state index in [0.29, 0.717) is 18.0 Å². The van der Waals surface area contributed by atoms with E-state index in [1.54, 1.807) is 24.3 Å². The minimum absolute atomic E-state index is 0.302. The van der Waals surface area contributed by atoms with Crippen LogP contribution in [0.1, 0.15) is 12.6 Å². The van der Waals surface area contributed by atoms with Gasteiger partial charge in [-0.15, -0.1) is 0 Å². The smallest absolute Gasteiger partial charge is 0.435 e. The Morgan fingerprint density at radius 2 is 1.95 bits per heavy atom. The number of rotatable bonds is 5. The van der Waals surface area contributed by atoms with Gasteiger partial charge in [-0.3, -0.25) is 9.48 Å². The van der Waals surface area contributed by atoms with Gasteiger partial charge >= 0.3 is 6.18 Å². The number of alkyl halides is 3. The summed E-state index contributed by atoms with van der Waals surface area (Å²) in [6.45, 7) is 2.09. The summed E-state index contributed by atoms with van der Waals surface area (Å²) >= 11 is 0. The van der Waals surface area contributed by atoms with Crippen molar-refractivity contribution in [1.82, 2.24) is 9.78 Å². The lowest BCUT2D eigenvalue weighted by Gasteiger charge is -2.07. The molecule has 2 rings (SSSR count). The van der Waals surface area contributed by atoms with E-state index in [-0.39, 0.29) is 6.54 Å². The van der Waals surface area contributed by atoms with Crippen LogP contribution in [0.25, 0.3) is 0 Å². The Morgan fingerprint density at radius 3 is 2.50 bits per heavy atom. The predicted octanol–water partition coefficient (Wildman–Crippen LogP) is 2.94. The van der Waals surface area contributed by atoms with E-state index in [0.717, 1.165) is 16.9 Å². The fraction of sp³-hybridized carbons (Fsp3) is 0.286. The number of halogens is 3. The second-order valence-corrected chi connectivity index (χ2v) is 4.40. The molecule has 0 bridgehead atoms. The summed E-state index contributed by atoms with van der Waals surface area (Å²) in [5.74, 6) is 0.198. The molecule has 0 aliphatic heterocycles. The largest absolute Gasteiger partial charge is 0.494 e. The van der Waals surface area contributed by atoms with Gasteiger partial charge in [-0.1, -0.05) is 0 Å². The molecule has 5 nitrogen and oxygen atoms in total. The highest BCUT2D eigenvalue weighted by atomic mass is 19.4. The molecule has 0 unspecified atom stereocenters. The molecular formula is C14H14F3N3O2. The summed E-state index contributed by atoms with van der Waals surface area (Å²) in [5.41, 5.74) is -0.502. The molecule has 8 heteroatoms. The SMILES string of the molecule is CCOc1ccc(NC(=O)Cn2ccc(C(F)(F)F)n2)cc1. The van der Waals surface area contributed by atoms with Crippen molar-refractivity contribution in [2.45, 2.75) is 19.6 Å². The molecule has 1 aromatic heterocycles. The second-order valence-electron chi connectivity index (χ2n) is 4.40. The molecule has 1 heterocycles. The summed E-state index contributed by atoms with van der Waals surface area (Å²) < 4.78 is 43.4. The van der Waals surface area contributed by atoms with Gasteiger partial charge < -0.3 is 10.1 Å². The maximum absolute atomic E-state index is 12.4. The molecule has 0 aliphatic rings. The third-order valence-electron chi connectivity index (χ3n) is 2.69. The quantitative estimate of drug-likeness (QED) is 0.923. The Labute approximate surface area is 124 Å². The van der Waals surface area contributed by atoms with Crippen molar-refractivity contribution >= 4 is 11.6 Å². The van der Waals surface area contributed by atoms with Gasteiger partial charge in [-0.2, -0.15) is 18.3 Å². The molecule has 1 N–H and O–H groups in total. The fourth-order valence-electron chi connectivity index (χ4n) is 1.75. The molecule has 0 saturated carbocycles. The standard InChI is InChI=1S/C14H14F3N3O2/c1-2-22-11-5-3-10(4-6-11)18-13(21)9-20-8-7-12(19-20)14(15,16)17/h3-8H,2,9H2,1H3,(H,18,21). The van der Waals surface area contributed by atoms with Gasteiger partial charge in [-0.05, 0) is 37.3 Å². The molecule has 0 spiro atoms. The van der Waals surface area contributed by atoms with Gasteiger partial charge in [0.05, 0.1) is 6.61 Å². The average molecular weight is 313 g/mol. The molecule has 1 amide bonds. The molecular weight excluding hydrogens is 299 g/mol. The van der Waals surface area contributed by atoms with Crippen molar-refractivity contribution in [2.75, 3.05) is 11.9 Å². The molecule has 0 aliphatic carbocycles. The summed E-state index contributed by atoms with van der Waals surface area (Å²) in [4.78, 5) is 11.8. The molecule has 22 heavy (non-hydrogen) atoms. The number of nitrogens with one attached hydrogen (secondary N) is 1. The molecule has 0 saturated heterocycles. The van der Waals surface area contributed by atoms with Crippen molar-refractivity contribution in [3.05, 3.63) is 42.2 Å². The van der Waals surface area contributed by atoms with Crippen LogP contribution in [0.15, 0.2) is 36.5 Å². The van der Waals surface area contributed by atoms with E-state index in [1.807, 2.05) is 6.92 Å². The third kappa shape index (κ3) is 4.24. The van der Waals surface area contributed by atoms with Crippen LogP contribution in [-0.4, -0.2) is 22.3 Å².